The van der Waals surface area contributed by atoms with E-state index >= 15 is 0 Å². The van der Waals surface area contributed by atoms with Gasteiger partial charge in [-0.25, -0.2) is 9.67 Å². The Morgan fingerprint density at radius 1 is 1.07 bits per heavy atom. The van der Waals surface area contributed by atoms with Gasteiger partial charge in [0.15, 0.2) is 5.78 Å². The van der Waals surface area contributed by atoms with Crippen molar-refractivity contribution in [2.45, 2.75) is 151 Å². The zero-order valence-corrected chi connectivity index (χ0v) is 36.2. The van der Waals surface area contributed by atoms with E-state index in [1.54, 1.807) is 44.0 Å². The quantitative estimate of drug-likeness (QED) is 0.181. The van der Waals surface area contributed by atoms with E-state index < -0.39 is 22.8 Å². The highest BCUT2D eigenvalue weighted by molar-refractivity contribution is 6.01. The van der Waals surface area contributed by atoms with Crippen LogP contribution in [0.5, 0.6) is 5.88 Å². The maximum atomic E-state index is 14.4. The molecule has 4 aliphatic rings. The molecule has 2 aromatic heterocycles. The number of Topliss-reactive ketones (excluding diaryl/α,β-unsaturated/α-hetero) is 1. The number of carboxylic acids is 1. The molecule has 4 aliphatic carbocycles. The number of aromatic nitrogens is 3. The maximum absolute atomic E-state index is 14.4. The Kier molecular flexibility index (Phi) is 11.6. The normalized spacial score (nSPS) is 31.8. The minimum atomic E-state index is -1.18. The van der Waals surface area contributed by atoms with Crippen LogP contribution < -0.4 is 16.0 Å². The first-order chi connectivity index (χ1) is 26.7. The van der Waals surface area contributed by atoms with Crippen molar-refractivity contribution in [1.82, 2.24) is 14.3 Å². The SMILES string of the molecule is CC[C@H](CC[C@@]1(C)[C@H](C)CC[C@]2(C)[C@@H]1CC[C@@H]1C3=C(C(C)C)C(=O)C[C@]3(c3cc(=O)n(-c4ccc(OC)nc4)n3CCN)CC[C@]12C)OC(=O)CC(C)(C)C(=O)O. The summed E-state index contributed by atoms with van der Waals surface area (Å²) in [5, 5.41) is 9.58. The number of pyridine rings is 1. The van der Waals surface area contributed by atoms with Crippen LogP contribution in [-0.4, -0.2) is 56.9 Å². The van der Waals surface area contributed by atoms with Crippen molar-refractivity contribution in [3.63, 3.8) is 0 Å². The molecule has 2 heterocycles. The fourth-order valence-electron chi connectivity index (χ4n) is 12.5. The molecule has 11 nitrogen and oxygen atoms in total. The maximum Gasteiger partial charge on any atom is 0.309 e. The summed E-state index contributed by atoms with van der Waals surface area (Å²) >= 11 is 0. The van der Waals surface area contributed by atoms with Crippen molar-refractivity contribution in [1.29, 1.82) is 0 Å². The second-order valence-electron chi connectivity index (χ2n) is 19.7. The van der Waals surface area contributed by atoms with Gasteiger partial charge in [0.05, 0.1) is 43.1 Å². The predicted molar refractivity (Wildman–Crippen MR) is 220 cm³/mol. The molecule has 0 radical (unpaired) electrons. The van der Waals surface area contributed by atoms with Crippen LogP contribution in [0.3, 0.4) is 0 Å². The smallest absolute Gasteiger partial charge is 0.309 e. The number of carboxylic acid groups (broad SMARTS) is 1. The van der Waals surface area contributed by atoms with Gasteiger partial charge in [0.25, 0.3) is 5.56 Å². The zero-order chi connectivity index (χ0) is 41.9. The van der Waals surface area contributed by atoms with Gasteiger partial charge in [-0.05, 0) is 129 Å². The van der Waals surface area contributed by atoms with Gasteiger partial charge in [0, 0.05) is 30.5 Å². The van der Waals surface area contributed by atoms with E-state index in [2.05, 4.69) is 46.5 Å². The number of methoxy groups -OCH3 is 1. The van der Waals surface area contributed by atoms with Crippen molar-refractivity contribution >= 4 is 17.7 Å². The third-order valence-electron chi connectivity index (χ3n) is 16.1. The summed E-state index contributed by atoms with van der Waals surface area (Å²) in [6.07, 6.45) is 9.88. The first-order valence-corrected chi connectivity index (χ1v) is 21.5. The van der Waals surface area contributed by atoms with Crippen LogP contribution in [0.4, 0.5) is 0 Å². The fourth-order valence-corrected chi connectivity index (χ4v) is 12.5. The number of esters is 1. The number of fused-ring (bicyclic) bond motifs is 5. The van der Waals surface area contributed by atoms with Crippen molar-refractivity contribution in [2.75, 3.05) is 13.7 Å². The minimum Gasteiger partial charge on any atom is -0.481 e. The van der Waals surface area contributed by atoms with Gasteiger partial charge in [-0.1, -0.05) is 48.5 Å². The highest BCUT2D eigenvalue weighted by atomic mass is 16.5. The molecular weight excluding hydrogens is 721 g/mol. The first-order valence-electron chi connectivity index (χ1n) is 21.5. The molecule has 0 aromatic carbocycles. The van der Waals surface area contributed by atoms with Crippen molar-refractivity contribution in [2.24, 2.45) is 51.1 Å². The summed E-state index contributed by atoms with van der Waals surface area (Å²) in [7, 11) is 1.56. The second-order valence-corrected chi connectivity index (χ2v) is 19.7. The molecule has 6 rings (SSSR count). The lowest BCUT2D eigenvalue weighted by molar-refractivity contribution is -0.184. The number of ketones is 1. The molecule has 0 aliphatic heterocycles. The summed E-state index contributed by atoms with van der Waals surface area (Å²) in [6.45, 7) is 20.1. The molecule has 8 atom stereocenters. The molecule has 314 valence electrons. The van der Waals surface area contributed by atoms with Gasteiger partial charge in [0.2, 0.25) is 5.88 Å². The Balaban J connectivity index is 1.37. The lowest BCUT2D eigenvalue weighted by atomic mass is 9.35. The number of ether oxygens (including phenoxy) is 2. The highest BCUT2D eigenvalue weighted by Gasteiger charge is 2.68. The fraction of sp³-hybridized carbons (Fsp3) is 0.717. The molecule has 0 spiro atoms. The van der Waals surface area contributed by atoms with Crippen LogP contribution >= 0.6 is 0 Å². The number of nitrogens with zero attached hydrogens (tertiary/aromatic N) is 3. The van der Waals surface area contributed by atoms with E-state index in [0.717, 1.165) is 62.6 Å². The zero-order valence-electron chi connectivity index (χ0n) is 36.2. The predicted octanol–water partition coefficient (Wildman–Crippen LogP) is 8.04. The molecule has 0 saturated heterocycles. The number of nitrogens with two attached hydrogens (primary N) is 1. The van der Waals surface area contributed by atoms with Crippen molar-refractivity contribution in [3.8, 4) is 11.6 Å². The van der Waals surface area contributed by atoms with Gasteiger partial charge in [-0.15, -0.1) is 0 Å². The topological polar surface area (TPSA) is 156 Å². The van der Waals surface area contributed by atoms with E-state index in [9.17, 15) is 24.3 Å². The van der Waals surface area contributed by atoms with Crippen molar-refractivity contribution in [3.05, 3.63) is 51.6 Å². The summed E-state index contributed by atoms with van der Waals surface area (Å²) in [6, 6.07) is 5.36. The number of allylic oxidation sites excluding steroid dienone is 2. The van der Waals surface area contributed by atoms with Crippen LogP contribution in [0.25, 0.3) is 5.69 Å². The molecule has 0 bridgehead atoms. The van der Waals surface area contributed by atoms with E-state index in [1.165, 1.54) is 5.57 Å². The van der Waals surface area contributed by atoms with Gasteiger partial charge < -0.3 is 20.3 Å². The summed E-state index contributed by atoms with van der Waals surface area (Å²) in [5.41, 5.74) is 7.99. The Hall–Kier alpha value is -3.73. The van der Waals surface area contributed by atoms with E-state index in [-0.39, 0.29) is 51.9 Å². The lowest BCUT2D eigenvalue weighted by Crippen LogP contribution is -2.62. The molecule has 0 amide bonds. The molecule has 57 heavy (non-hydrogen) atoms. The lowest BCUT2D eigenvalue weighted by Gasteiger charge is -2.69. The molecular formula is C46H68N4O7. The monoisotopic (exact) mass is 789 g/mol. The number of hydrogen-bond acceptors (Lipinski definition) is 8. The molecule has 0 unspecified atom stereocenters. The van der Waals surface area contributed by atoms with Crippen LogP contribution in [0.1, 0.15) is 139 Å². The molecule has 11 heteroatoms. The van der Waals surface area contributed by atoms with Crippen LogP contribution in [0.2, 0.25) is 0 Å². The number of carbonyl (C=O) groups excluding carboxylic acids is 2. The summed E-state index contributed by atoms with van der Waals surface area (Å²) < 4.78 is 15.0. The average Bonchev–Trinajstić information content (AvgIpc) is 3.65. The molecule has 3 fully saturated rings. The van der Waals surface area contributed by atoms with Crippen LogP contribution in [-0.2, 0) is 31.1 Å². The number of aliphatic carboxylic acids is 1. The van der Waals surface area contributed by atoms with Gasteiger partial charge in [-0.2, -0.15) is 0 Å². The highest BCUT2D eigenvalue weighted by Crippen LogP contribution is 2.75. The van der Waals surface area contributed by atoms with Gasteiger partial charge in [0.1, 0.15) is 6.10 Å². The second kappa shape index (κ2) is 15.5. The average molecular weight is 789 g/mol. The summed E-state index contributed by atoms with van der Waals surface area (Å²) in [4.78, 5) is 57.6. The Bertz CT molecular complexity index is 1960. The number of carbonyl (C=O) groups is 3. The molecule has 3 saturated carbocycles. The van der Waals surface area contributed by atoms with Gasteiger partial charge in [-0.3, -0.25) is 23.9 Å². The summed E-state index contributed by atoms with van der Waals surface area (Å²) in [5.74, 6) is 0.357. The largest absolute Gasteiger partial charge is 0.481 e. The Morgan fingerprint density at radius 3 is 2.39 bits per heavy atom. The van der Waals surface area contributed by atoms with E-state index in [1.807, 2.05) is 17.7 Å². The number of hydrogen-bond donors (Lipinski definition) is 2. The minimum absolute atomic E-state index is 0.00165. The molecule has 2 aromatic rings. The number of rotatable bonds is 14. The van der Waals surface area contributed by atoms with E-state index in [4.69, 9.17) is 15.2 Å². The van der Waals surface area contributed by atoms with Crippen molar-refractivity contribution < 1.29 is 29.0 Å². The van der Waals surface area contributed by atoms with E-state index in [0.29, 0.717) is 49.3 Å². The Morgan fingerprint density at radius 2 is 1.79 bits per heavy atom. The standard InChI is InChI=1S/C46H68N4O7/c1-11-31(57-38(53)26-42(5,6)41(54)55)17-18-43(7)29(4)16-19-45(9)34(43)14-13-32-40-39(28(2)3)33(51)25-46(40,21-20-44(32,45)8)35-24-37(52)50(49(35)23-22-47)30-12-15-36(56-10)48-27-30/h12,15,24,27-29,31-32,34H,11,13-14,16-23,25-26,47H2,1-10H3,(H,54,55)/t29-,31-,32-,34-,43+,44-,45-,46+/m1/s1. The van der Waals surface area contributed by atoms with Crippen LogP contribution in [0, 0.1) is 45.3 Å². The first kappa shape index (κ1) is 42.9. The third-order valence-corrected chi connectivity index (χ3v) is 16.1. The third kappa shape index (κ3) is 6.91. The Labute approximate surface area is 339 Å². The molecule has 3 N–H and O–H groups in total. The van der Waals surface area contributed by atoms with Gasteiger partial charge >= 0.3 is 11.9 Å². The van der Waals surface area contributed by atoms with Crippen LogP contribution in [0.15, 0.2) is 40.3 Å².